The van der Waals surface area contributed by atoms with Gasteiger partial charge in [0.15, 0.2) is 0 Å². The zero-order valence-electron chi connectivity index (χ0n) is 10.2. The molecule has 5 heteroatoms. The van der Waals surface area contributed by atoms with E-state index in [1.165, 1.54) is 0 Å². The molecule has 3 rings (SSSR count). The summed E-state index contributed by atoms with van der Waals surface area (Å²) in [7, 11) is 0. The van der Waals surface area contributed by atoms with Gasteiger partial charge in [-0.05, 0) is 37.1 Å². The lowest BCUT2D eigenvalue weighted by Crippen LogP contribution is -2.31. The fourth-order valence-corrected chi connectivity index (χ4v) is 2.47. The highest BCUT2D eigenvalue weighted by atomic mass is 35.5. The van der Waals surface area contributed by atoms with Gasteiger partial charge in [0.2, 0.25) is 0 Å². The van der Waals surface area contributed by atoms with E-state index in [9.17, 15) is 4.79 Å². The van der Waals surface area contributed by atoms with Crippen molar-refractivity contribution in [1.29, 1.82) is 0 Å². The van der Waals surface area contributed by atoms with Gasteiger partial charge in [0.25, 0.3) is 0 Å². The smallest absolute Gasteiger partial charge is 0.323 e. The highest BCUT2D eigenvalue weighted by molar-refractivity contribution is 6.31. The van der Waals surface area contributed by atoms with Crippen LogP contribution in [-0.2, 0) is 4.79 Å². The number of hydrogen-bond acceptors (Lipinski definition) is 3. The zero-order valence-corrected chi connectivity index (χ0v) is 11.0. The topological polar surface area (TPSA) is 53.4 Å². The van der Waals surface area contributed by atoms with E-state index in [1.54, 1.807) is 18.3 Å². The molecule has 1 aliphatic carbocycles. The van der Waals surface area contributed by atoms with Crippen molar-refractivity contribution in [2.45, 2.75) is 18.9 Å². The molecule has 0 unspecified atom stereocenters. The molecule has 1 fully saturated rings. The number of carboxylic acids is 1. The Labute approximate surface area is 115 Å². The Morgan fingerprint density at radius 3 is 2.89 bits per heavy atom. The molecule has 0 bridgehead atoms. The Kier molecular flexibility index (Phi) is 3.03. The fourth-order valence-electron chi connectivity index (χ4n) is 2.30. The molecule has 0 amide bonds. The predicted octanol–water partition coefficient (Wildman–Crippen LogP) is 2.94. The SMILES string of the molecule is O=C(O)CN(c1ccnc2cc(Cl)ccc12)C1CC1. The number of benzene rings is 1. The van der Waals surface area contributed by atoms with Crippen LogP contribution in [0.4, 0.5) is 5.69 Å². The van der Waals surface area contributed by atoms with Crippen LogP contribution in [0.3, 0.4) is 0 Å². The van der Waals surface area contributed by atoms with Crippen molar-refractivity contribution in [2.24, 2.45) is 0 Å². The van der Waals surface area contributed by atoms with Crippen molar-refractivity contribution in [2.75, 3.05) is 11.4 Å². The predicted molar refractivity (Wildman–Crippen MR) is 74.8 cm³/mol. The average molecular weight is 277 g/mol. The molecule has 0 aliphatic heterocycles. The van der Waals surface area contributed by atoms with Crippen LogP contribution in [0.5, 0.6) is 0 Å². The van der Waals surface area contributed by atoms with E-state index >= 15 is 0 Å². The van der Waals surface area contributed by atoms with Crippen molar-refractivity contribution in [3.8, 4) is 0 Å². The third-order valence-electron chi connectivity index (χ3n) is 3.28. The summed E-state index contributed by atoms with van der Waals surface area (Å²) in [6.07, 6.45) is 3.79. The minimum Gasteiger partial charge on any atom is -0.480 e. The van der Waals surface area contributed by atoms with E-state index in [2.05, 4.69) is 4.98 Å². The van der Waals surface area contributed by atoms with Crippen LogP contribution >= 0.6 is 11.6 Å². The summed E-state index contributed by atoms with van der Waals surface area (Å²) < 4.78 is 0. The molecule has 0 radical (unpaired) electrons. The van der Waals surface area contributed by atoms with Crippen molar-refractivity contribution in [3.63, 3.8) is 0 Å². The van der Waals surface area contributed by atoms with Gasteiger partial charge in [0, 0.05) is 28.3 Å². The molecular weight excluding hydrogens is 264 g/mol. The molecule has 1 aliphatic rings. The maximum Gasteiger partial charge on any atom is 0.323 e. The number of aliphatic carboxylic acids is 1. The molecule has 98 valence electrons. The molecule has 0 spiro atoms. The van der Waals surface area contributed by atoms with Crippen molar-refractivity contribution in [1.82, 2.24) is 4.98 Å². The second-order valence-corrected chi connectivity index (χ2v) is 5.18. The molecule has 1 N–H and O–H groups in total. The number of anilines is 1. The Hall–Kier alpha value is -1.81. The van der Waals surface area contributed by atoms with E-state index in [4.69, 9.17) is 16.7 Å². The molecule has 1 saturated carbocycles. The van der Waals surface area contributed by atoms with Gasteiger partial charge < -0.3 is 10.0 Å². The number of rotatable bonds is 4. The first-order chi connectivity index (χ1) is 9.15. The minimum atomic E-state index is -0.814. The Morgan fingerprint density at radius 2 is 2.21 bits per heavy atom. The Morgan fingerprint density at radius 1 is 1.42 bits per heavy atom. The van der Waals surface area contributed by atoms with Crippen molar-refractivity contribution in [3.05, 3.63) is 35.5 Å². The summed E-state index contributed by atoms with van der Waals surface area (Å²) >= 11 is 5.96. The van der Waals surface area contributed by atoms with Gasteiger partial charge >= 0.3 is 5.97 Å². The molecule has 1 aromatic heterocycles. The molecule has 1 aromatic carbocycles. The van der Waals surface area contributed by atoms with Gasteiger partial charge in [-0.3, -0.25) is 9.78 Å². The molecule has 0 saturated heterocycles. The first kappa shape index (κ1) is 12.2. The Bertz CT molecular complexity index is 640. The van der Waals surface area contributed by atoms with E-state index in [-0.39, 0.29) is 6.54 Å². The Balaban J connectivity index is 2.09. The normalized spacial score (nSPS) is 14.6. The number of carbonyl (C=O) groups is 1. The van der Waals surface area contributed by atoms with Crippen LogP contribution in [0.15, 0.2) is 30.5 Å². The molecule has 2 aromatic rings. The molecule has 0 atom stereocenters. The number of aromatic nitrogens is 1. The van der Waals surface area contributed by atoms with Gasteiger partial charge in [-0.15, -0.1) is 0 Å². The maximum atomic E-state index is 11.0. The first-order valence-electron chi connectivity index (χ1n) is 6.18. The third kappa shape index (κ3) is 2.49. The standard InChI is InChI=1S/C14H13ClN2O2/c15-9-1-4-11-12(7-9)16-6-5-13(11)17(8-14(18)19)10-2-3-10/h1,4-7,10H,2-3,8H2,(H,18,19). The minimum absolute atomic E-state index is 0.0202. The number of fused-ring (bicyclic) bond motifs is 1. The van der Waals surface area contributed by atoms with E-state index < -0.39 is 5.97 Å². The quantitative estimate of drug-likeness (QED) is 0.933. The third-order valence-corrected chi connectivity index (χ3v) is 3.52. The highest BCUT2D eigenvalue weighted by Gasteiger charge is 2.31. The van der Waals surface area contributed by atoms with Gasteiger partial charge in [-0.25, -0.2) is 0 Å². The van der Waals surface area contributed by atoms with Gasteiger partial charge in [-0.1, -0.05) is 11.6 Å². The lowest BCUT2D eigenvalue weighted by molar-refractivity contribution is -0.135. The van der Waals surface area contributed by atoms with Gasteiger partial charge in [0.05, 0.1) is 5.52 Å². The number of nitrogens with zero attached hydrogens (tertiary/aromatic N) is 2. The number of carboxylic acid groups (broad SMARTS) is 1. The van der Waals surface area contributed by atoms with Crippen LogP contribution in [0.2, 0.25) is 5.02 Å². The van der Waals surface area contributed by atoms with E-state index in [0.717, 1.165) is 29.4 Å². The second kappa shape index (κ2) is 4.70. The molecular formula is C14H13ClN2O2. The molecule has 4 nitrogen and oxygen atoms in total. The molecule has 19 heavy (non-hydrogen) atoms. The summed E-state index contributed by atoms with van der Waals surface area (Å²) in [5, 5.41) is 10.6. The van der Waals surface area contributed by atoms with Crippen LogP contribution in [-0.4, -0.2) is 28.6 Å². The van der Waals surface area contributed by atoms with Crippen LogP contribution < -0.4 is 4.90 Å². The lowest BCUT2D eigenvalue weighted by atomic mass is 10.1. The second-order valence-electron chi connectivity index (χ2n) is 4.74. The van der Waals surface area contributed by atoms with Crippen LogP contribution in [0.25, 0.3) is 10.9 Å². The summed E-state index contributed by atoms with van der Waals surface area (Å²) in [5.74, 6) is -0.814. The molecule has 1 heterocycles. The fraction of sp³-hybridized carbons (Fsp3) is 0.286. The summed E-state index contributed by atoms with van der Waals surface area (Å²) in [4.78, 5) is 17.3. The van der Waals surface area contributed by atoms with Crippen molar-refractivity contribution >= 4 is 34.2 Å². The van der Waals surface area contributed by atoms with E-state index in [0.29, 0.717) is 11.1 Å². The number of hydrogen-bond donors (Lipinski definition) is 1. The monoisotopic (exact) mass is 276 g/mol. The largest absolute Gasteiger partial charge is 0.480 e. The summed E-state index contributed by atoms with van der Waals surface area (Å²) in [6, 6.07) is 7.71. The summed E-state index contributed by atoms with van der Waals surface area (Å²) in [5.41, 5.74) is 1.72. The highest BCUT2D eigenvalue weighted by Crippen LogP contribution is 2.35. The number of halogens is 1. The lowest BCUT2D eigenvalue weighted by Gasteiger charge is -2.23. The maximum absolute atomic E-state index is 11.0. The zero-order chi connectivity index (χ0) is 13.4. The first-order valence-corrected chi connectivity index (χ1v) is 6.55. The van der Waals surface area contributed by atoms with Gasteiger partial charge in [0.1, 0.15) is 6.54 Å². The van der Waals surface area contributed by atoms with E-state index in [1.807, 2.05) is 17.0 Å². The van der Waals surface area contributed by atoms with Crippen LogP contribution in [0, 0.1) is 0 Å². The average Bonchev–Trinajstić information content (AvgIpc) is 3.19. The van der Waals surface area contributed by atoms with Crippen LogP contribution in [0.1, 0.15) is 12.8 Å². The van der Waals surface area contributed by atoms with Gasteiger partial charge in [-0.2, -0.15) is 0 Å². The van der Waals surface area contributed by atoms with Crippen molar-refractivity contribution < 1.29 is 9.90 Å². The number of pyridine rings is 1. The summed E-state index contributed by atoms with van der Waals surface area (Å²) in [6.45, 7) is 0.0202.